The van der Waals surface area contributed by atoms with Crippen LogP contribution in [0, 0.1) is 6.92 Å². The Balaban J connectivity index is 0.000000758. The number of benzene rings is 1. The van der Waals surface area contributed by atoms with E-state index in [0.29, 0.717) is 11.8 Å². The first-order valence-electron chi connectivity index (χ1n) is 9.07. The molecule has 0 fully saturated rings. The number of hydrogen-bond donors (Lipinski definition) is 1. The third-order valence-electron chi connectivity index (χ3n) is 4.02. The zero-order valence-corrected chi connectivity index (χ0v) is 16.6. The molecule has 0 aliphatic carbocycles. The Morgan fingerprint density at radius 3 is 2.46 bits per heavy atom. The molecular formula is C21H29N3O2. The Morgan fingerprint density at radius 1 is 1.19 bits per heavy atom. The number of nitrogens with zero attached hydrogens (tertiary/aromatic N) is 2. The van der Waals surface area contributed by atoms with Crippen LogP contribution in [0.15, 0.2) is 29.3 Å². The highest BCUT2D eigenvalue weighted by molar-refractivity contribution is 6.00. The highest BCUT2D eigenvalue weighted by Crippen LogP contribution is 2.36. The van der Waals surface area contributed by atoms with Crippen molar-refractivity contribution in [1.82, 2.24) is 4.98 Å². The molecule has 2 aromatic rings. The van der Waals surface area contributed by atoms with Crippen molar-refractivity contribution in [1.29, 1.82) is 0 Å². The van der Waals surface area contributed by atoms with Gasteiger partial charge in [-0.25, -0.2) is 0 Å². The first-order valence-corrected chi connectivity index (χ1v) is 9.07. The minimum Gasteiger partial charge on any atom is -0.454 e. The third-order valence-corrected chi connectivity index (χ3v) is 4.02. The molecule has 5 heteroatoms. The van der Waals surface area contributed by atoms with Crippen LogP contribution in [0.2, 0.25) is 0 Å². The summed E-state index contributed by atoms with van der Waals surface area (Å²) in [7, 11) is 1.70. The van der Waals surface area contributed by atoms with Crippen molar-refractivity contribution in [2.24, 2.45) is 10.7 Å². The Morgan fingerprint density at radius 2 is 1.85 bits per heavy atom. The molecule has 0 spiro atoms. The van der Waals surface area contributed by atoms with Crippen LogP contribution in [-0.2, 0) is 0 Å². The van der Waals surface area contributed by atoms with Crippen molar-refractivity contribution < 1.29 is 9.47 Å². The summed E-state index contributed by atoms with van der Waals surface area (Å²) in [5, 5.41) is 0. The van der Waals surface area contributed by atoms with Gasteiger partial charge in [0.05, 0.1) is 5.69 Å². The van der Waals surface area contributed by atoms with Crippen LogP contribution >= 0.6 is 0 Å². The van der Waals surface area contributed by atoms with Crippen molar-refractivity contribution in [3.05, 3.63) is 41.1 Å². The molecule has 26 heavy (non-hydrogen) atoms. The Hall–Kier alpha value is -2.56. The molecule has 5 nitrogen and oxygen atoms in total. The van der Waals surface area contributed by atoms with E-state index in [1.807, 2.05) is 25.1 Å². The highest BCUT2D eigenvalue weighted by atomic mass is 16.7. The number of nitrogens with two attached hydrogens (primary N) is 1. The number of aromatic nitrogens is 1. The molecule has 0 saturated carbocycles. The van der Waals surface area contributed by atoms with Crippen LogP contribution in [-0.4, -0.2) is 24.7 Å². The predicted molar refractivity (Wildman–Crippen MR) is 107 cm³/mol. The maximum atomic E-state index is 6.07. The monoisotopic (exact) mass is 355 g/mol. The third kappa shape index (κ3) is 4.15. The fraction of sp³-hybridized carbons (Fsp3) is 0.429. The number of hydrogen-bond acceptors (Lipinski definition) is 4. The van der Waals surface area contributed by atoms with E-state index < -0.39 is 0 Å². The van der Waals surface area contributed by atoms with Crippen LogP contribution in [0.4, 0.5) is 0 Å². The summed E-state index contributed by atoms with van der Waals surface area (Å²) in [5.41, 5.74) is 10.9. The quantitative estimate of drug-likeness (QED) is 0.642. The standard InChI is InChI=1S/C18H21N3O2.C3H8/c1-10(2)13-8-14(21-11(3)17(13)18(19)20-4)12-5-6-15-16(7-12)23-9-22-15;1-3-2/h5-8,10H,9H2,1-4H3,(H2,19,20);3H2,1-2H3. The number of ether oxygens (including phenoxy) is 2. The number of amidine groups is 1. The van der Waals surface area contributed by atoms with Gasteiger partial charge < -0.3 is 15.2 Å². The maximum Gasteiger partial charge on any atom is 0.231 e. The lowest BCUT2D eigenvalue weighted by atomic mass is 9.93. The van der Waals surface area contributed by atoms with E-state index in [1.54, 1.807) is 7.05 Å². The second kappa shape index (κ2) is 8.70. The molecule has 0 bridgehead atoms. The smallest absolute Gasteiger partial charge is 0.231 e. The van der Waals surface area contributed by atoms with Crippen LogP contribution in [0.5, 0.6) is 11.5 Å². The topological polar surface area (TPSA) is 69.7 Å². The van der Waals surface area contributed by atoms with E-state index in [0.717, 1.165) is 39.6 Å². The van der Waals surface area contributed by atoms with Gasteiger partial charge in [-0.15, -0.1) is 0 Å². The molecule has 1 aliphatic rings. The molecule has 2 N–H and O–H groups in total. The summed E-state index contributed by atoms with van der Waals surface area (Å²) >= 11 is 0. The van der Waals surface area contributed by atoms with Crippen molar-refractivity contribution in [3.63, 3.8) is 0 Å². The second-order valence-corrected chi connectivity index (χ2v) is 6.60. The number of rotatable bonds is 3. The lowest BCUT2D eigenvalue weighted by molar-refractivity contribution is 0.174. The number of fused-ring (bicyclic) bond motifs is 1. The summed E-state index contributed by atoms with van der Waals surface area (Å²) < 4.78 is 10.8. The minimum atomic E-state index is 0.269. The van der Waals surface area contributed by atoms with Crippen LogP contribution in [0.3, 0.4) is 0 Å². The van der Waals surface area contributed by atoms with E-state index in [4.69, 9.17) is 20.2 Å². The van der Waals surface area contributed by atoms with Gasteiger partial charge in [0, 0.05) is 23.9 Å². The number of aliphatic imine (C=N–C) groups is 1. The van der Waals surface area contributed by atoms with E-state index >= 15 is 0 Å². The summed E-state index contributed by atoms with van der Waals surface area (Å²) in [6.07, 6.45) is 1.25. The largest absolute Gasteiger partial charge is 0.454 e. The van der Waals surface area contributed by atoms with Gasteiger partial charge in [0.2, 0.25) is 6.79 Å². The van der Waals surface area contributed by atoms with E-state index in [-0.39, 0.29) is 6.79 Å². The summed E-state index contributed by atoms with van der Waals surface area (Å²) in [6.45, 7) is 10.8. The predicted octanol–water partition coefficient (Wildman–Crippen LogP) is 4.66. The van der Waals surface area contributed by atoms with Gasteiger partial charge in [-0.3, -0.25) is 9.98 Å². The Kier molecular flexibility index (Phi) is 6.61. The molecule has 0 saturated heterocycles. The van der Waals surface area contributed by atoms with Gasteiger partial charge in [-0.1, -0.05) is 34.1 Å². The van der Waals surface area contributed by atoms with Crippen molar-refractivity contribution in [2.45, 2.75) is 47.0 Å². The fourth-order valence-corrected chi connectivity index (χ4v) is 2.80. The van der Waals surface area contributed by atoms with Crippen LogP contribution < -0.4 is 15.2 Å². The molecule has 0 amide bonds. The first kappa shape index (κ1) is 19.8. The maximum absolute atomic E-state index is 6.07. The van der Waals surface area contributed by atoms with Crippen molar-refractivity contribution in [2.75, 3.05) is 13.8 Å². The van der Waals surface area contributed by atoms with Crippen LogP contribution in [0.1, 0.15) is 56.9 Å². The van der Waals surface area contributed by atoms with E-state index in [2.05, 4.69) is 38.8 Å². The minimum absolute atomic E-state index is 0.269. The molecule has 0 atom stereocenters. The molecule has 140 valence electrons. The van der Waals surface area contributed by atoms with Gasteiger partial charge in [0.25, 0.3) is 0 Å². The van der Waals surface area contributed by atoms with Gasteiger partial charge in [0.1, 0.15) is 5.84 Å². The van der Waals surface area contributed by atoms with Crippen molar-refractivity contribution >= 4 is 5.84 Å². The molecule has 1 aliphatic heterocycles. The summed E-state index contributed by atoms with van der Waals surface area (Å²) in [5.74, 6) is 2.37. The fourth-order valence-electron chi connectivity index (χ4n) is 2.80. The van der Waals surface area contributed by atoms with Crippen LogP contribution in [0.25, 0.3) is 11.3 Å². The number of pyridine rings is 1. The van der Waals surface area contributed by atoms with Crippen molar-refractivity contribution in [3.8, 4) is 22.8 Å². The van der Waals surface area contributed by atoms with E-state index in [1.165, 1.54) is 6.42 Å². The molecule has 1 aromatic carbocycles. The molecule has 2 heterocycles. The van der Waals surface area contributed by atoms with E-state index in [9.17, 15) is 0 Å². The zero-order chi connectivity index (χ0) is 19.3. The summed E-state index contributed by atoms with van der Waals surface area (Å²) in [6, 6.07) is 7.96. The number of aryl methyl sites for hydroxylation is 1. The average Bonchev–Trinajstić information content (AvgIpc) is 3.08. The lowest BCUT2D eigenvalue weighted by Gasteiger charge is -2.17. The van der Waals surface area contributed by atoms with Gasteiger partial charge in [0.15, 0.2) is 11.5 Å². The Labute approximate surface area is 156 Å². The average molecular weight is 355 g/mol. The molecule has 0 unspecified atom stereocenters. The Bertz CT molecular complexity index is 798. The molecule has 0 radical (unpaired) electrons. The first-order chi connectivity index (χ1) is 12.4. The van der Waals surface area contributed by atoms with Gasteiger partial charge in [-0.05, 0) is 42.7 Å². The second-order valence-electron chi connectivity index (χ2n) is 6.60. The normalized spacial score (nSPS) is 12.8. The van der Waals surface area contributed by atoms with Gasteiger partial charge >= 0.3 is 0 Å². The summed E-state index contributed by atoms with van der Waals surface area (Å²) in [4.78, 5) is 8.85. The lowest BCUT2D eigenvalue weighted by Crippen LogP contribution is -2.19. The molecule has 1 aromatic heterocycles. The SMILES string of the molecule is CCC.CN=C(N)c1c(C(C)C)cc(-c2ccc3c(c2)OCO3)nc1C. The van der Waals surface area contributed by atoms with Gasteiger partial charge in [-0.2, -0.15) is 0 Å². The molecule has 3 rings (SSSR count). The zero-order valence-electron chi connectivity index (χ0n) is 16.6. The molecular weight excluding hydrogens is 326 g/mol. The highest BCUT2D eigenvalue weighted by Gasteiger charge is 2.18.